The summed E-state index contributed by atoms with van der Waals surface area (Å²) < 4.78 is 7.08. The van der Waals surface area contributed by atoms with Crippen molar-refractivity contribution in [3.63, 3.8) is 0 Å². The number of aromatic nitrogens is 1. The number of nitrogens with zero attached hydrogens (tertiary/aromatic N) is 2. The van der Waals surface area contributed by atoms with Gasteiger partial charge in [-0.25, -0.2) is 0 Å². The fourth-order valence-electron chi connectivity index (χ4n) is 3.93. The summed E-state index contributed by atoms with van der Waals surface area (Å²) in [6.45, 7) is 2.53. The highest BCUT2D eigenvalue weighted by Gasteiger charge is 2.30. The molecule has 3 rings (SSSR count). The van der Waals surface area contributed by atoms with Gasteiger partial charge >= 0.3 is 5.97 Å². The molecule has 1 aromatic heterocycles. The molecular weight excluding hydrogens is 306 g/mol. The van der Waals surface area contributed by atoms with Crippen LogP contribution in [0.3, 0.4) is 0 Å². The lowest BCUT2D eigenvalue weighted by atomic mass is 9.97. The molecule has 2 aliphatic rings. The summed E-state index contributed by atoms with van der Waals surface area (Å²) in [5, 5.41) is 2.69. The Labute approximate surface area is 143 Å². The topological polar surface area (TPSA) is 63.6 Å². The third kappa shape index (κ3) is 3.34. The van der Waals surface area contributed by atoms with Crippen LogP contribution < -0.4 is 5.32 Å². The molecule has 0 bridgehead atoms. The van der Waals surface area contributed by atoms with Crippen molar-refractivity contribution in [1.82, 2.24) is 14.8 Å². The van der Waals surface area contributed by atoms with Gasteiger partial charge in [0, 0.05) is 19.8 Å². The molecule has 1 aromatic rings. The smallest absolute Gasteiger partial charge is 0.309 e. The minimum atomic E-state index is -0.0557. The minimum Gasteiger partial charge on any atom is -0.465 e. The van der Waals surface area contributed by atoms with Crippen molar-refractivity contribution in [2.45, 2.75) is 38.1 Å². The zero-order valence-electron chi connectivity index (χ0n) is 14.6. The molecule has 6 nitrogen and oxygen atoms in total. The molecule has 24 heavy (non-hydrogen) atoms. The van der Waals surface area contributed by atoms with Crippen LogP contribution in [0.25, 0.3) is 0 Å². The number of cyclic esters (lactones) is 1. The molecule has 1 N–H and O–H groups in total. The molecule has 2 saturated heterocycles. The van der Waals surface area contributed by atoms with E-state index in [2.05, 4.69) is 16.3 Å². The van der Waals surface area contributed by atoms with Gasteiger partial charge in [0.15, 0.2) is 0 Å². The molecule has 2 fully saturated rings. The molecule has 1 amide bonds. The third-order valence-corrected chi connectivity index (χ3v) is 5.38. The number of nitrogens with one attached hydrogen (secondary N) is 1. The number of rotatable bonds is 5. The number of piperidine rings is 1. The average molecular weight is 333 g/mol. The Morgan fingerprint density at radius 2 is 2.17 bits per heavy atom. The van der Waals surface area contributed by atoms with Crippen LogP contribution in [0.2, 0.25) is 0 Å². The summed E-state index contributed by atoms with van der Waals surface area (Å²) in [5.74, 6) is -0.0356. The highest BCUT2D eigenvalue weighted by molar-refractivity contribution is 5.92. The second-order valence-electron chi connectivity index (χ2n) is 6.77. The number of esters is 1. The fourth-order valence-corrected chi connectivity index (χ4v) is 3.93. The van der Waals surface area contributed by atoms with Crippen LogP contribution in [0.15, 0.2) is 12.1 Å². The van der Waals surface area contributed by atoms with Crippen LogP contribution in [0.1, 0.15) is 54.3 Å². The number of carbonyl (C=O) groups excluding carboxylic acids is 2. The van der Waals surface area contributed by atoms with Gasteiger partial charge in [0.1, 0.15) is 5.69 Å². The molecule has 0 saturated carbocycles. The number of carbonyl (C=O) groups is 2. The van der Waals surface area contributed by atoms with Crippen LogP contribution in [0.4, 0.5) is 0 Å². The fraction of sp³-hybridized carbons (Fsp3) is 0.667. The lowest BCUT2D eigenvalue weighted by Crippen LogP contribution is -2.36. The van der Waals surface area contributed by atoms with Crippen LogP contribution >= 0.6 is 0 Å². The van der Waals surface area contributed by atoms with Crippen LogP contribution in [-0.4, -0.2) is 48.1 Å². The van der Waals surface area contributed by atoms with Gasteiger partial charge in [0.05, 0.1) is 18.6 Å². The van der Waals surface area contributed by atoms with E-state index in [4.69, 9.17) is 4.74 Å². The lowest BCUT2D eigenvalue weighted by Gasteiger charge is -2.36. The predicted molar refractivity (Wildman–Crippen MR) is 90.7 cm³/mol. The molecule has 0 unspecified atom stereocenters. The molecule has 0 radical (unpaired) electrons. The van der Waals surface area contributed by atoms with E-state index in [0.717, 1.165) is 32.4 Å². The standard InChI is InChI=1S/C18H27N3O3/c1-19-17(22)16-7-6-14(20(16)2)15-5-3-4-10-21(15)11-8-13-9-12-24-18(13)23/h6-7,13,15H,3-5,8-12H2,1-2H3,(H,19,22)/t13-,15+/m0/s1. The molecule has 3 heterocycles. The number of hydrogen-bond donors (Lipinski definition) is 1. The van der Waals surface area contributed by atoms with E-state index in [9.17, 15) is 9.59 Å². The molecular formula is C18H27N3O3. The number of hydrogen-bond acceptors (Lipinski definition) is 4. The van der Waals surface area contributed by atoms with E-state index >= 15 is 0 Å². The highest BCUT2D eigenvalue weighted by atomic mass is 16.5. The van der Waals surface area contributed by atoms with Gasteiger partial charge in [-0.2, -0.15) is 0 Å². The Balaban J connectivity index is 1.71. The first kappa shape index (κ1) is 17.0. The summed E-state index contributed by atoms with van der Waals surface area (Å²) in [7, 11) is 3.61. The van der Waals surface area contributed by atoms with Gasteiger partial charge < -0.3 is 14.6 Å². The van der Waals surface area contributed by atoms with E-state index in [1.54, 1.807) is 7.05 Å². The second-order valence-corrected chi connectivity index (χ2v) is 6.77. The van der Waals surface area contributed by atoms with E-state index in [1.807, 2.05) is 17.7 Å². The van der Waals surface area contributed by atoms with Gasteiger partial charge in [-0.05, 0) is 50.9 Å². The number of ether oxygens (including phenoxy) is 1. The van der Waals surface area contributed by atoms with E-state index < -0.39 is 0 Å². The van der Waals surface area contributed by atoms with E-state index in [-0.39, 0.29) is 17.8 Å². The Hall–Kier alpha value is -1.82. The first-order chi connectivity index (χ1) is 11.6. The summed E-state index contributed by atoms with van der Waals surface area (Å²) in [5.41, 5.74) is 1.87. The molecule has 2 aliphatic heterocycles. The van der Waals surface area contributed by atoms with Crippen molar-refractivity contribution >= 4 is 11.9 Å². The highest BCUT2D eigenvalue weighted by Crippen LogP contribution is 2.32. The first-order valence-corrected chi connectivity index (χ1v) is 8.90. The minimum absolute atomic E-state index is 0.0377. The molecule has 0 aromatic carbocycles. The molecule has 0 aliphatic carbocycles. The third-order valence-electron chi connectivity index (χ3n) is 5.38. The van der Waals surface area contributed by atoms with Gasteiger partial charge in [-0.3, -0.25) is 14.5 Å². The number of likely N-dealkylation sites (tertiary alicyclic amines) is 1. The molecule has 2 atom stereocenters. The van der Waals surface area contributed by atoms with Crippen molar-refractivity contribution in [1.29, 1.82) is 0 Å². The van der Waals surface area contributed by atoms with Gasteiger partial charge in [-0.15, -0.1) is 0 Å². The summed E-state index contributed by atoms with van der Waals surface area (Å²) >= 11 is 0. The van der Waals surface area contributed by atoms with Crippen molar-refractivity contribution in [2.75, 3.05) is 26.7 Å². The van der Waals surface area contributed by atoms with Gasteiger partial charge in [-0.1, -0.05) is 6.42 Å². The average Bonchev–Trinajstić information content (AvgIpc) is 3.18. The van der Waals surface area contributed by atoms with Crippen LogP contribution in [-0.2, 0) is 16.6 Å². The Morgan fingerprint density at radius 1 is 1.33 bits per heavy atom. The quantitative estimate of drug-likeness (QED) is 0.836. The molecule has 0 spiro atoms. The summed E-state index contributed by atoms with van der Waals surface area (Å²) in [4.78, 5) is 26.1. The number of amides is 1. The van der Waals surface area contributed by atoms with Gasteiger partial charge in [0.25, 0.3) is 5.91 Å². The monoisotopic (exact) mass is 333 g/mol. The van der Waals surface area contributed by atoms with E-state index in [1.165, 1.54) is 18.5 Å². The predicted octanol–water partition coefficient (Wildman–Crippen LogP) is 1.86. The maximum atomic E-state index is 12.0. The van der Waals surface area contributed by atoms with Crippen molar-refractivity contribution in [3.8, 4) is 0 Å². The van der Waals surface area contributed by atoms with Crippen LogP contribution in [0, 0.1) is 5.92 Å². The lowest BCUT2D eigenvalue weighted by molar-refractivity contribution is -0.141. The second kappa shape index (κ2) is 7.38. The van der Waals surface area contributed by atoms with Crippen molar-refractivity contribution < 1.29 is 14.3 Å². The largest absolute Gasteiger partial charge is 0.465 e. The van der Waals surface area contributed by atoms with Crippen molar-refractivity contribution in [2.24, 2.45) is 13.0 Å². The summed E-state index contributed by atoms with van der Waals surface area (Å²) in [6, 6.07) is 4.28. The maximum Gasteiger partial charge on any atom is 0.309 e. The van der Waals surface area contributed by atoms with Crippen LogP contribution in [0.5, 0.6) is 0 Å². The van der Waals surface area contributed by atoms with Crippen molar-refractivity contribution in [3.05, 3.63) is 23.5 Å². The molecule has 132 valence electrons. The van der Waals surface area contributed by atoms with E-state index in [0.29, 0.717) is 18.3 Å². The first-order valence-electron chi connectivity index (χ1n) is 8.90. The Bertz CT molecular complexity index is 611. The Kier molecular flexibility index (Phi) is 5.23. The zero-order valence-corrected chi connectivity index (χ0v) is 14.6. The Morgan fingerprint density at radius 3 is 2.88 bits per heavy atom. The zero-order chi connectivity index (χ0) is 17.1. The molecule has 6 heteroatoms. The maximum absolute atomic E-state index is 12.0. The summed E-state index contributed by atoms with van der Waals surface area (Å²) in [6.07, 6.45) is 5.20. The SMILES string of the molecule is CNC(=O)c1ccc([C@H]2CCCCN2CC[C@H]2CCOC2=O)n1C. The normalized spacial score (nSPS) is 24.8. The van der Waals surface area contributed by atoms with Gasteiger partial charge in [0.2, 0.25) is 0 Å².